The van der Waals surface area contributed by atoms with E-state index >= 15 is 0 Å². The Morgan fingerprint density at radius 3 is 2.79 bits per heavy atom. The van der Waals surface area contributed by atoms with Crippen molar-refractivity contribution in [3.63, 3.8) is 0 Å². The number of rotatable bonds is 6. The fourth-order valence-electron chi connectivity index (χ4n) is 3.03. The molecule has 3 heterocycles. The van der Waals surface area contributed by atoms with E-state index in [0.717, 1.165) is 25.6 Å². The number of hydrogen-bond donors (Lipinski definition) is 1. The summed E-state index contributed by atoms with van der Waals surface area (Å²) < 4.78 is 4.07. The summed E-state index contributed by atoms with van der Waals surface area (Å²) in [4.78, 5) is 28.9. The summed E-state index contributed by atoms with van der Waals surface area (Å²) in [6, 6.07) is 5.43. The van der Waals surface area contributed by atoms with Gasteiger partial charge in [0.15, 0.2) is 0 Å². The van der Waals surface area contributed by atoms with Crippen molar-refractivity contribution in [3.05, 3.63) is 66.6 Å². The van der Waals surface area contributed by atoms with E-state index in [-0.39, 0.29) is 5.56 Å². The highest BCUT2D eigenvalue weighted by Gasteiger charge is 2.14. The topological polar surface area (TPSA) is 86.9 Å². The Labute approximate surface area is 179 Å². The average molecular weight is 475 g/mol. The molecule has 8 nitrogen and oxygen atoms in total. The molecule has 0 aliphatic heterocycles. The summed E-state index contributed by atoms with van der Waals surface area (Å²) in [6.45, 7) is 4.57. The second-order valence-electron chi connectivity index (χ2n) is 6.64. The number of fused-ring (bicyclic) bond motifs is 1. The molecule has 0 saturated heterocycles. The van der Waals surface area contributed by atoms with E-state index in [4.69, 9.17) is 4.84 Å². The van der Waals surface area contributed by atoms with Gasteiger partial charge in [0.25, 0.3) is 5.56 Å². The normalized spacial score (nSPS) is 11.3. The number of nitrogens with one attached hydrogen (secondary N) is 1. The van der Waals surface area contributed by atoms with Crippen molar-refractivity contribution in [3.8, 4) is 0 Å². The predicted molar refractivity (Wildman–Crippen MR) is 116 cm³/mol. The summed E-state index contributed by atoms with van der Waals surface area (Å²) >= 11 is 5.01. The van der Waals surface area contributed by atoms with Crippen molar-refractivity contribution in [2.75, 3.05) is 5.48 Å². The van der Waals surface area contributed by atoms with E-state index < -0.39 is 0 Å². The third kappa shape index (κ3) is 4.24. The minimum Gasteiger partial charge on any atom is -0.275 e. The SMILES string of the molecule is Cc1nc(C)c(CONc2nc3ccc(Br)cc3c(=O)n2Cc2cnn(C)c2)s1. The van der Waals surface area contributed by atoms with Gasteiger partial charge in [-0.05, 0) is 32.0 Å². The maximum atomic E-state index is 13.2. The van der Waals surface area contributed by atoms with Crippen LogP contribution < -0.4 is 11.0 Å². The van der Waals surface area contributed by atoms with Gasteiger partial charge < -0.3 is 0 Å². The summed E-state index contributed by atoms with van der Waals surface area (Å²) in [6.07, 6.45) is 3.59. The molecule has 1 N–H and O–H groups in total. The fourth-order valence-corrected chi connectivity index (χ4v) is 4.24. The lowest BCUT2D eigenvalue weighted by Gasteiger charge is -2.14. The number of benzene rings is 1. The van der Waals surface area contributed by atoms with Crippen molar-refractivity contribution in [2.45, 2.75) is 27.0 Å². The van der Waals surface area contributed by atoms with Crippen LogP contribution in [0.15, 0.2) is 39.9 Å². The van der Waals surface area contributed by atoms with Gasteiger partial charge in [-0.3, -0.25) is 18.9 Å². The molecule has 10 heteroatoms. The Balaban J connectivity index is 1.68. The minimum atomic E-state index is -0.156. The molecule has 1 aromatic carbocycles. The lowest BCUT2D eigenvalue weighted by molar-refractivity contribution is 0.177. The van der Waals surface area contributed by atoms with E-state index in [2.05, 4.69) is 36.5 Å². The van der Waals surface area contributed by atoms with Gasteiger partial charge in [0, 0.05) is 23.3 Å². The monoisotopic (exact) mass is 474 g/mol. The second-order valence-corrected chi connectivity index (χ2v) is 8.85. The molecule has 0 atom stereocenters. The number of anilines is 1. The smallest absolute Gasteiger partial charge is 0.263 e. The average Bonchev–Trinajstić information content (AvgIpc) is 3.23. The third-order valence-electron chi connectivity index (χ3n) is 4.38. The van der Waals surface area contributed by atoms with Crippen LogP contribution in [0.4, 0.5) is 5.95 Å². The Hall–Kier alpha value is -2.56. The van der Waals surface area contributed by atoms with Crippen LogP contribution in [-0.2, 0) is 25.0 Å². The summed E-state index contributed by atoms with van der Waals surface area (Å²) in [5, 5.41) is 5.70. The molecule has 0 fully saturated rings. The van der Waals surface area contributed by atoms with Gasteiger partial charge in [0.05, 0.1) is 39.2 Å². The van der Waals surface area contributed by atoms with Gasteiger partial charge in [-0.15, -0.1) is 11.3 Å². The largest absolute Gasteiger partial charge is 0.275 e. The molecule has 4 rings (SSSR count). The van der Waals surface area contributed by atoms with E-state index in [1.54, 1.807) is 38.9 Å². The molecular formula is C19H19BrN6O2S. The fraction of sp³-hybridized carbons (Fsp3) is 0.263. The first kappa shape index (κ1) is 19.7. The molecule has 4 aromatic rings. The molecule has 0 bridgehead atoms. The molecule has 0 amide bonds. The van der Waals surface area contributed by atoms with Crippen molar-refractivity contribution in [1.82, 2.24) is 24.3 Å². The van der Waals surface area contributed by atoms with Crippen molar-refractivity contribution < 1.29 is 4.84 Å². The van der Waals surface area contributed by atoms with Gasteiger partial charge in [0.2, 0.25) is 5.95 Å². The number of thiazole rings is 1. The van der Waals surface area contributed by atoms with E-state index in [1.807, 2.05) is 33.2 Å². The van der Waals surface area contributed by atoms with Crippen LogP contribution in [0.2, 0.25) is 0 Å². The van der Waals surface area contributed by atoms with Gasteiger partial charge in [-0.1, -0.05) is 15.9 Å². The van der Waals surface area contributed by atoms with Gasteiger partial charge in [-0.2, -0.15) is 5.10 Å². The van der Waals surface area contributed by atoms with Crippen LogP contribution in [-0.4, -0.2) is 24.3 Å². The Kier molecular flexibility index (Phi) is 5.48. The summed E-state index contributed by atoms with van der Waals surface area (Å²) in [5.74, 6) is 0.340. The van der Waals surface area contributed by atoms with Crippen molar-refractivity contribution >= 4 is 44.1 Å². The number of aromatic nitrogens is 5. The minimum absolute atomic E-state index is 0.156. The highest BCUT2D eigenvalue weighted by atomic mass is 79.9. The number of halogens is 1. The zero-order valence-corrected chi connectivity index (χ0v) is 18.5. The molecule has 0 saturated carbocycles. The number of aryl methyl sites for hydroxylation is 3. The Bertz CT molecular complexity index is 1250. The number of nitrogens with zero attached hydrogens (tertiary/aromatic N) is 5. The predicted octanol–water partition coefficient (Wildman–Crippen LogP) is 3.56. The quantitative estimate of drug-likeness (QED) is 0.430. The number of hydrogen-bond acceptors (Lipinski definition) is 7. The first-order valence-electron chi connectivity index (χ1n) is 8.89. The highest BCUT2D eigenvalue weighted by molar-refractivity contribution is 9.10. The Morgan fingerprint density at radius 1 is 1.28 bits per heavy atom. The van der Waals surface area contributed by atoms with Crippen LogP contribution in [0.25, 0.3) is 10.9 Å². The summed E-state index contributed by atoms with van der Waals surface area (Å²) in [7, 11) is 1.84. The molecule has 0 radical (unpaired) electrons. The van der Waals surface area contributed by atoms with Crippen molar-refractivity contribution in [1.29, 1.82) is 0 Å². The standard InChI is InChI=1S/C19H19BrN6O2S/c1-11-17(29-12(2)22-11)10-28-24-19-23-16-5-4-14(20)6-15(16)18(27)26(19)9-13-7-21-25(3)8-13/h4-8H,9-10H2,1-3H3,(H,23,24). The van der Waals surface area contributed by atoms with E-state index in [9.17, 15) is 4.79 Å². The van der Waals surface area contributed by atoms with Crippen molar-refractivity contribution in [2.24, 2.45) is 7.05 Å². The first-order chi connectivity index (χ1) is 13.9. The maximum Gasteiger partial charge on any atom is 0.263 e. The molecule has 3 aromatic heterocycles. The maximum absolute atomic E-state index is 13.2. The van der Waals surface area contributed by atoms with Gasteiger partial charge in [0.1, 0.15) is 6.61 Å². The lowest BCUT2D eigenvalue weighted by Crippen LogP contribution is -2.25. The van der Waals surface area contributed by atoms with Gasteiger partial charge >= 0.3 is 0 Å². The van der Waals surface area contributed by atoms with Crippen LogP contribution in [0.1, 0.15) is 21.1 Å². The summed E-state index contributed by atoms with van der Waals surface area (Å²) in [5.41, 5.74) is 5.14. The van der Waals surface area contributed by atoms with E-state index in [1.165, 1.54) is 0 Å². The Morgan fingerprint density at radius 2 is 2.10 bits per heavy atom. The molecular weight excluding hydrogens is 456 g/mol. The zero-order valence-electron chi connectivity index (χ0n) is 16.1. The van der Waals surface area contributed by atoms with Crippen LogP contribution in [0.3, 0.4) is 0 Å². The van der Waals surface area contributed by atoms with Crippen LogP contribution in [0.5, 0.6) is 0 Å². The molecule has 0 unspecified atom stereocenters. The van der Waals surface area contributed by atoms with E-state index in [0.29, 0.717) is 30.0 Å². The zero-order chi connectivity index (χ0) is 20.5. The van der Waals surface area contributed by atoms with Crippen LogP contribution in [0, 0.1) is 13.8 Å². The molecule has 0 aliphatic carbocycles. The highest BCUT2D eigenvalue weighted by Crippen LogP contribution is 2.20. The van der Waals surface area contributed by atoms with Gasteiger partial charge in [-0.25, -0.2) is 15.4 Å². The molecule has 29 heavy (non-hydrogen) atoms. The molecule has 150 valence electrons. The third-order valence-corrected chi connectivity index (χ3v) is 5.92. The first-order valence-corrected chi connectivity index (χ1v) is 10.5. The molecule has 0 spiro atoms. The lowest BCUT2D eigenvalue weighted by atomic mass is 10.2. The molecule has 0 aliphatic rings. The second kappa shape index (κ2) is 8.05. The van der Waals surface area contributed by atoms with Crippen LogP contribution >= 0.6 is 27.3 Å².